The van der Waals surface area contributed by atoms with Crippen molar-refractivity contribution in [3.05, 3.63) is 35.7 Å². The SMILES string of the molecule is c1cc2c(cc1SCCc1cn[nH]n1)CCO2. The highest BCUT2D eigenvalue weighted by atomic mass is 32.2. The van der Waals surface area contributed by atoms with Crippen LogP contribution in [0.15, 0.2) is 29.3 Å². The van der Waals surface area contributed by atoms with E-state index in [9.17, 15) is 0 Å². The number of fused-ring (bicyclic) bond motifs is 1. The molecule has 3 rings (SSSR count). The number of hydrogen-bond donors (Lipinski definition) is 1. The van der Waals surface area contributed by atoms with E-state index < -0.39 is 0 Å². The Morgan fingerprint density at radius 2 is 2.41 bits per heavy atom. The standard InChI is InChI=1S/C12H13N3OS/c1-2-12-9(3-5-16-12)7-11(1)17-6-4-10-8-13-15-14-10/h1-2,7-8H,3-6H2,(H,13,14,15). The van der Waals surface area contributed by atoms with Crippen molar-refractivity contribution in [2.75, 3.05) is 12.4 Å². The number of rotatable bonds is 4. The van der Waals surface area contributed by atoms with Gasteiger partial charge in [-0.2, -0.15) is 15.4 Å². The lowest BCUT2D eigenvalue weighted by Gasteiger charge is -2.03. The normalized spacial score (nSPS) is 13.4. The van der Waals surface area contributed by atoms with Crippen LogP contribution < -0.4 is 4.74 Å². The summed E-state index contributed by atoms with van der Waals surface area (Å²) in [5, 5.41) is 10.5. The maximum atomic E-state index is 5.49. The molecule has 1 aliphatic heterocycles. The van der Waals surface area contributed by atoms with E-state index in [0.717, 1.165) is 36.6 Å². The largest absolute Gasteiger partial charge is 0.493 e. The van der Waals surface area contributed by atoms with Gasteiger partial charge in [-0.25, -0.2) is 0 Å². The monoisotopic (exact) mass is 247 g/mol. The van der Waals surface area contributed by atoms with E-state index in [4.69, 9.17) is 4.74 Å². The fraction of sp³-hybridized carbons (Fsp3) is 0.333. The van der Waals surface area contributed by atoms with Gasteiger partial charge in [0.1, 0.15) is 5.75 Å². The van der Waals surface area contributed by atoms with Gasteiger partial charge in [0.25, 0.3) is 0 Å². The zero-order valence-corrected chi connectivity index (χ0v) is 10.2. The van der Waals surface area contributed by atoms with Crippen molar-refractivity contribution in [2.45, 2.75) is 17.7 Å². The lowest BCUT2D eigenvalue weighted by molar-refractivity contribution is 0.357. The summed E-state index contributed by atoms with van der Waals surface area (Å²) in [6, 6.07) is 6.42. The predicted molar refractivity (Wildman–Crippen MR) is 66.5 cm³/mol. The molecule has 4 nitrogen and oxygen atoms in total. The van der Waals surface area contributed by atoms with Gasteiger partial charge in [-0.3, -0.25) is 0 Å². The summed E-state index contributed by atoms with van der Waals surface area (Å²) in [7, 11) is 0. The number of benzene rings is 1. The van der Waals surface area contributed by atoms with Gasteiger partial charge in [0, 0.05) is 23.5 Å². The first-order valence-corrected chi connectivity index (χ1v) is 6.63. The van der Waals surface area contributed by atoms with E-state index in [0.29, 0.717) is 0 Å². The maximum Gasteiger partial charge on any atom is 0.122 e. The summed E-state index contributed by atoms with van der Waals surface area (Å²) in [5.74, 6) is 2.07. The zero-order valence-electron chi connectivity index (χ0n) is 9.35. The Morgan fingerprint density at radius 1 is 1.41 bits per heavy atom. The molecule has 2 aromatic rings. The first kappa shape index (κ1) is 10.7. The molecule has 0 atom stereocenters. The molecule has 0 unspecified atom stereocenters. The molecular weight excluding hydrogens is 234 g/mol. The van der Waals surface area contributed by atoms with E-state index in [-0.39, 0.29) is 0 Å². The summed E-state index contributed by atoms with van der Waals surface area (Å²) >= 11 is 1.85. The highest BCUT2D eigenvalue weighted by Gasteiger charge is 2.11. The lowest BCUT2D eigenvalue weighted by atomic mass is 10.2. The quantitative estimate of drug-likeness (QED) is 0.840. The van der Waals surface area contributed by atoms with Crippen LogP contribution in [0.1, 0.15) is 11.3 Å². The van der Waals surface area contributed by atoms with E-state index in [1.807, 2.05) is 11.8 Å². The zero-order chi connectivity index (χ0) is 11.5. The van der Waals surface area contributed by atoms with Crippen LogP contribution in [0.4, 0.5) is 0 Å². The van der Waals surface area contributed by atoms with Crippen LogP contribution in [-0.4, -0.2) is 27.8 Å². The molecule has 88 valence electrons. The molecule has 1 aromatic carbocycles. The van der Waals surface area contributed by atoms with Gasteiger partial charge in [0.2, 0.25) is 0 Å². The minimum Gasteiger partial charge on any atom is -0.493 e. The van der Waals surface area contributed by atoms with E-state index >= 15 is 0 Å². The van der Waals surface area contributed by atoms with Gasteiger partial charge in [-0.15, -0.1) is 11.8 Å². The third-order valence-electron chi connectivity index (χ3n) is 2.75. The van der Waals surface area contributed by atoms with Crippen LogP contribution in [-0.2, 0) is 12.8 Å². The van der Waals surface area contributed by atoms with E-state index in [2.05, 4.69) is 33.6 Å². The van der Waals surface area contributed by atoms with Crippen molar-refractivity contribution in [3.63, 3.8) is 0 Å². The average Bonchev–Trinajstić information content (AvgIpc) is 2.98. The molecule has 0 saturated heterocycles. The number of thioether (sulfide) groups is 1. The Balaban J connectivity index is 1.58. The first-order chi connectivity index (χ1) is 8.42. The molecule has 0 fully saturated rings. The minimum atomic E-state index is 0.822. The van der Waals surface area contributed by atoms with Crippen molar-refractivity contribution < 1.29 is 4.74 Å². The maximum absolute atomic E-state index is 5.49. The fourth-order valence-electron chi connectivity index (χ4n) is 1.87. The fourth-order valence-corrected chi connectivity index (χ4v) is 2.81. The molecule has 1 aromatic heterocycles. The number of nitrogens with zero attached hydrogens (tertiary/aromatic N) is 2. The van der Waals surface area contributed by atoms with Gasteiger partial charge in [-0.05, 0) is 23.8 Å². The number of ether oxygens (including phenoxy) is 1. The number of hydrogen-bond acceptors (Lipinski definition) is 4. The van der Waals surface area contributed by atoms with Crippen LogP contribution >= 0.6 is 11.8 Å². The van der Waals surface area contributed by atoms with E-state index in [1.165, 1.54) is 10.5 Å². The predicted octanol–water partition coefficient (Wildman–Crippen LogP) is 2.07. The number of H-pyrrole nitrogens is 1. The topological polar surface area (TPSA) is 50.8 Å². The molecule has 5 heteroatoms. The summed E-state index contributed by atoms with van der Waals surface area (Å²) < 4.78 is 5.49. The Kier molecular flexibility index (Phi) is 3.00. The molecule has 0 radical (unpaired) electrons. The molecular formula is C12H13N3OS. The number of aryl methyl sites for hydroxylation is 1. The number of aromatic nitrogens is 3. The van der Waals surface area contributed by atoms with Crippen LogP contribution in [0, 0.1) is 0 Å². The minimum absolute atomic E-state index is 0.822. The highest BCUT2D eigenvalue weighted by Crippen LogP contribution is 2.30. The van der Waals surface area contributed by atoms with Gasteiger partial charge < -0.3 is 4.74 Å². The second-order valence-electron chi connectivity index (χ2n) is 3.93. The molecule has 0 spiro atoms. The average molecular weight is 247 g/mol. The van der Waals surface area contributed by atoms with Gasteiger partial charge in [-0.1, -0.05) is 0 Å². The third kappa shape index (κ3) is 2.44. The van der Waals surface area contributed by atoms with Crippen LogP contribution in [0.2, 0.25) is 0 Å². The third-order valence-corrected chi connectivity index (χ3v) is 3.75. The summed E-state index contributed by atoms with van der Waals surface area (Å²) in [4.78, 5) is 1.30. The first-order valence-electron chi connectivity index (χ1n) is 5.65. The van der Waals surface area contributed by atoms with Crippen LogP contribution in [0.3, 0.4) is 0 Å². The summed E-state index contributed by atoms with van der Waals surface area (Å²) in [5.41, 5.74) is 2.35. The van der Waals surface area contributed by atoms with Gasteiger partial charge in [0.15, 0.2) is 0 Å². The second-order valence-corrected chi connectivity index (χ2v) is 5.10. The Bertz CT molecular complexity index is 498. The summed E-state index contributed by atoms with van der Waals surface area (Å²) in [6.45, 7) is 0.822. The Hall–Kier alpha value is -1.49. The smallest absolute Gasteiger partial charge is 0.122 e. The molecule has 2 heterocycles. The molecule has 0 bridgehead atoms. The molecule has 0 saturated carbocycles. The Labute approximate surface area is 104 Å². The van der Waals surface area contributed by atoms with E-state index in [1.54, 1.807) is 6.20 Å². The van der Waals surface area contributed by atoms with Crippen molar-refractivity contribution in [3.8, 4) is 5.75 Å². The molecule has 1 N–H and O–H groups in total. The number of nitrogens with one attached hydrogen (secondary N) is 1. The molecule has 1 aliphatic rings. The second kappa shape index (κ2) is 4.79. The van der Waals surface area contributed by atoms with Crippen molar-refractivity contribution >= 4 is 11.8 Å². The van der Waals surface area contributed by atoms with Crippen molar-refractivity contribution in [1.29, 1.82) is 0 Å². The molecule has 0 aliphatic carbocycles. The van der Waals surface area contributed by atoms with Crippen LogP contribution in [0.25, 0.3) is 0 Å². The van der Waals surface area contributed by atoms with Gasteiger partial charge in [0.05, 0.1) is 18.5 Å². The summed E-state index contributed by atoms with van der Waals surface area (Å²) in [6.07, 6.45) is 3.75. The lowest BCUT2D eigenvalue weighted by Crippen LogP contribution is -1.89. The molecule has 17 heavy (non-hydrogen) atoms. The Morgan fingerprint density at radius 3 is 3.29 bits per heavy atom. The van der Waals surface area contributed by atoms with Crippen molar-refractivity contribution in [2.24, 2.45) is 0 Å². The van der Waals surface area contributed by atoms with Crippen LogP contribution in [0.5, 0.6) is 5.75 Å². The van der Waals surface area contributed by atoms with Crippen molar-refractivity contribution in [1.82, 2.24) is 15.4 Å². The highest BCUT2D eigenvalue weighted by molar-refractivity contribution is 7.99. The number of aromatic amines is 1. The molecule has 0 amide bonds. The van der Waals surface area contributed by atoms with Gasteiger partial charge >= 0.3 is 0 Å².